The molecule has 0 unspecified atom stereocenters. The maximum absolute atomic E-state index is 12.9. The number of nitrogens with zero attached hydrogens (tertiary/aromatic N) is 1. The van der Waals surface area contributed by atoms with Crippen molar-refractivity contribution in [3.8, 4) is 5.75 Å². The third-order valence-corrected chi connectivity index (χ3v) is 2.96. The second-order valence-electron chi connectivity index (χ2n) is 3.30. The molecule has 0 radical (unpaired) electrons. The number of methoxy groups -OCH3 is 1. The van der Waals surface area contributed by atoms with Crippen LogP contribution < -0.4 is 4.74 Å². The Balaban J connectivity index is 3.19. The van der Waals surface area contributed by atoms with Crippen LogP contribution in [0.2, 0.25) is 0 Å². The summed E-state index contributed by atoms with van der Waals surface area (Å²) in [4.78, 5) is 15.2. The van der Waals surface area contributed by atoms with E-state index in [1.807, 2.05) is 22.6 Å². The van der Waals surface area contributed by atoms with Gasteiger partial charge in [-0.2, -0.15) is 0 Å². The smallest absolute Gasteiger partial charge is 0.310 e. The lowest BCUT2D eigenvalue weighted by atomic mass is 10.1. The molecule has 0 aliphatic heterocycles. The van der Waals surface area contributed by atoms with Crippen molar-refractivity contribution in [2.24, 2.45) is 0 Å². The highest BCUT2D eigenvalue weighted by Crippen LogP contribution is 2.32. The lowest BCUT2D eigenvalue weighted by Gasteiger charge is -2.13. The van der Waals surface area contributed by atoms with E-state index in [0.29, 0.717) is 3.70 Å². The first-order valence-corrected chi connectivity index (χ1v) is 6.24. The number of halogens is 3. The van der Waals surface area contributed by atoms with Gasteiger partial charge in [-0.25, -0.2) is 13.8 Å². The largest absolute Gasteiger partial charge is 0.494 e. The summed E-state index contributed by atoms with van der Waals surface area (Å²) >= 11 is 1.86. The molecule has 1 aromatic rings. The summed E-state index contributed by atoms with van der Waals surface area (Å²) in [5.41, 5.74) is -0.175. The molecule has 1 rings (SSSR count). The fourth-order valence-electron chi connectivity index (χ4n) is 1.45. The highest BCUT2D eigenvalue weighted by molar-refractivity contribution is 14.1. The molecule has 7 heteroatoms. The van der Waals surface area contributed by atoms with Crippen molar-refractivity contribution in [2.45, 2.75) is 19.8 Å². The van der Waals surface area contributed by atoms with E-state index in [1.54, 1.807) is 6.92 Å². The fourth-order valence-corrected chi connectivity index (χ4v) is 2.14. The van der Waals surface area contributed by atoms with Crippen LogP contribution >= 0.6 is 22.6 Å². The zero-order chi connectivity index (χ0) is 13.7. The first-order chi connectivity index (χ1) is 8.51. The van der Waals surface area contributed by atoms with Crippen LogP contribution in [0.15, 0.2) is 6.20 Å². The number of hydrogen-bond donors (Lipinski definition) is 0. The zero-order valence-electron chi connectivity index (χ0n) is 9.87. The molecule has 0 N–H and O–H groups in total. The topological polar surface area (TPSA) is 48.4 Å². The Labute approximate surface area is 117 Å². The molecule has 4 nitrogen and oxygen atoms in total. The van der Waals surface area contributed by atoms with E-state index >= 15 is 0 Å². The van der Waals surface area contributed by atoms with Crippen molar-refractivity contribution in [3.63, 3.8) is 0 Å². The van der Waals surface area contributed by atoms with Gasteiger partial charge in [0.25, 0.3) is 6.43 Å². The van der Waals surface area contributed by atoms with Gasteiger partial charge in [-0.3, -0.25) is 4.79 Å². The number of rotatable bonds is 5. The molecule has 0 atom stereocenters. The predicted octanol–water partition coefficient (Wildman–Crippen LogP) is 2.74. The normalized spacial score (nSPS) is 10.6. The number of pyridine rings is 1. The van der Waals surface area contributed by atoms with Crippen molar-refractivity contribution in [1.82, 2.24) is 4.98 Å². The van der Waals surface area contributed by atoms with Gasteiger partial charge in [-0.05, 0) is 29.5 Å². The van der Waals surface area contributed by atoms with Gasteiger partial charge in [0.05, 0.1) is 20.1 Å². The van der Waals surface area contributed by atoms with Crippen LogP contribution in [0, 0.1) is 3.70 Å². The van der Waals surface area contributed by atoms with E-state index < -0.39 is 12.4 Å². The molecule has 0 saturated carbocycles. The zero-order valence-corrected chi connectivity index (χ0v) is 12.0. The van der Waals surface area contributed by atoms with Gasteiger partial charge in [0, 0.05) is 17.3 Å². The van der Waals surface area contributed by atoms with Crippen LogP contribution in [0.1, 0.15) is 24.5 Å². The Kier molecular flexibility index (Phi) is 5.70. The molecule has 0 aliphatic carbocycles. The van der Waals surface area contributed by atoms with E-state index in [9.17, 15) is 13.6 Å². The predicted molar refractivity (Wildman–Crippen MR) is 68.8 cm³/mol. The highest BCUT2D eigenvalue weighted by Gasteiger charge is 2.22. The van der Waals surface area contributed by atoms with Crippen molar-refractivity contribution in [1.29, 1.82) is 0 Å². The molecule has 0 bridgehead atoms. The lowest BCUT2D eigenvalue weighted by molar-refractivity contribution is -0.142. The Morgan fingerprint density at radius 2 is 2.22 bits per heavy atom. The van der Waals surface area contributed by atoms with Crippen LogP contribution in [0.25, 0.3) is 0 Å². The molecule has 1 heterocycles. The lowest BCUT2D eigenvalue weighted by Crippen LogP contribution is -2.12. The molecule has 0 amide bonds. The van der Waals surface area contributed by atoms with Crippen LogP contribution in [-0.4, -0.2) is 24.7 Å². The van der Waals surface area contributed by atoms with E-state index in [0.717, 1.165) is 6.20 Å². The maximum Gasteiger partial charge on any atom is 0.310 e. The molecular formula is C11H12F2INO3. The van der Waals surface area contributed by atoms with Gasteiger partial charge in [0.15, 0.2) is 5.75 Å². The van der Waals surface area contributed by atoms with E-state index in [4.69, 9.17) is 9.47 Å². The van der Waals surface area contributed by atoms with E-state index in [2.05, 4.69) is 4.98 Å². The molecular weight excluding hydrogens is 359 g/mol. The molecule has 0 saturated heterocycles. The molecule has 0 aromatic carbocycles. The molecule has 0 fully saturated rings. The molecule has 100 valence electrons. The third-order valence-electron chi connectivity index (χ3n) is 2.19. The second-order valence-corrected chi connectivity index (χ2v) is 4.32. The number of aromatic nitrogens is 1. The minimum absolute atomic E-state index is 0.130. The number of esters is 1. The van der Waals surface area contributed by atoms with Crippen molar-refractivity contribution >= 4 is 28.6 Å². The number of hydrogen-bond acceptors (Lipinski definition) is 4. The Morgan fingerprint density at radius 1 is 1.56 bits per heavy atom. The fraction of sp³-hybridized carbons (Fsp3) is 0.455. The summed E-state index contributed by atoms with van der Waals surface area (Å²) in [6, 6.07) is 0. The first kappa shape index (κ1) is 15.1. The Bertz CT molecular complexity index is 441. The van der Waals surface area contributed by atoms with Crippen molar-refractivity contribution in [2.75, 3.05) is 13.7 Å². The summed E-state index contributed by atoms with van der Waals surface area (Å²) < 4.78 is 35.9. The van der Waals surface area contributed by atoms with Gasteiger partial charge in [-0.1, -0.05) is 0 Å². The number of ether oxygens (including phenoxy) is 2. The standard InChI is InChI=1S/C11H12F2INO3/c1-3-18-8(16)4-6-7(10(12)13)5-15-11(14)9(6)17-2/h5,10H,3-4H2,1-2H3. The summed E-state index contributed by atoms with van der Waals surface area (Å²) in [6.07, 6.45) is -1.91. The number of carbonyl (C=O) groups excluding carboxylic acids is 1. The average Bonchev–Trinajstić information content (AvgIpc) is 2.29. The van der Waals surface area contributed by atoms with Crippen molar-refractivity contribution < 1.29 is 23.0 Å². The Morgan fingerprint density at radius 3 is 2.72 bits per heavy atom. The monoisotopic (exact) mass is 371 g/mol. The average molecular weight is 371 g/mol. The third kappa shape index (κ3) is 3.50. The highest BCUT2D eigenvalue weighted by atomic mass is 127. The molecule has 0 aliphatic rings. The van der Waals surface area contributed by atoms with Crippen LogP contribution in [0.4, 0.5) is 8.78 Å². The minimum atomic E-state index is -2.71. The molecule has 1 aromatic heterocycles. The summed E-state index contributed by atoms with van der Waals surface area (Å²) in [7, 11) is 1.35. The summed E-state index contributed by atoms with van der Waals surface area (Å²) in [5, 5.41) is 0. The minimum Gasteiger partial charge on any atom is -0.494 e. The van der Waals surface area contributed by atoms with E-state index in [1.165, 1.54) is 7.11 Å². The number of alkyl halides is 2. The van der Waals surface area contributed by atoms with Crippen LogP contribution in [-0.2, 0) is 16.0 Å². The van der Waals surface area contributed by atoms with Crippen LogP contribution in [0.3, 0.4) is 0 Å². The van der Waals surface area contributed by atoms with Gasteiger partial charge in [-0.15, -0.1) is 0 Å². The Hall–Kier alpha value is -0.990. The number of carbonyl (C=O) groups is 1. The van der Waals surface area contributed by atoms with Gasteiger partial charge in [0.1, 0.15) is 3.70 Å². The molecule has 18 heavy (non-hydrogen) atoms. The van der Waals surface area contributed by atoms with Crippen molar-refractivity contribution in [3.05, 3.63) is 21.0 Å². The summed E-state index contributed by atoms with van der Waals surface area (Å²) in [5.74, 6) is -0.374. The quantitative estimate of drug-likeness (QED) is 0.454. The second kappa shape index (κ2) is 6.81. The SMILES string of the molecule is CCOC(=O)Cc1c(C(F)F)cnc(I)c1OC. The van der Waals surface area contributed by atoms with Gasteiger partial charge >= 0.3 is 5.97 Å². The maximum atomic E-state index is 12.9. The van der Waals surface area contributed by atoms with E-state index in [-0.39, 0.29) is 29.9 Å². The van der Waals surface area contributed by atoms with Crippen LogP contribution in [0.5, 0.6) is 5.75 Å². The first-order valence-electron chi connectivity index (χ1n) is 5.16. The molecule has 0 spiro atoms. The van der Waals surface area contributed by atoms with Gasteiger partial charge < -0.3 is 9.47 Å². The summed E-state index contributed by atoms with van der Waals surface area (Å²) in [6.45, 7) is 1.85. The van der Waals surface area contributed by atoms with Gasteiger partial charge in [0.2, 0.25) is 0 Å².